The van der Waals surface area contributed by atoms with Crippen molar-refractivity contribution in [3.05, 3.63) is 39.0 Å². The summed E-state index contributed by atoms with van der Waals surface area (Å²) in [7, 11) is 0. The number of hydrogen-bond acceptors (Lipinski definition) is 2. The van der Waals surface area contributed by atoms with Gasteiger partial charge >= 0.3 is 0 Å². The summed E-state index contributed by atoms with van der Waals surface area (Å²) in [6.45, 7) is 2.65. The zero-order chi connectivity index (χ0) is 11.8. The number of nitrogens with one attached hydrogen (secondary N) is 1. The predicted octanol–water partition coefficient (Wildman–Crippen LogP) is 3.61. The summed E-state index contributed by atoms with van der Waals surface area (Å²) in [4.78, 5) is 12.4. The van der Waals surface area contributed by atoms with Crippen molar-refractivity contribution >= 4 is 39.2 Å². The van der Waals surface area contributed by atoms with E-state index in [4.69, 9.17) is 0 Å². The number of amides is 1. The van der Waals surface area contributed by atoms with Crippen LogP contribution in [0.15, 0.2) is 34.1 Å². The molecule has 0 fully saturated rings. The van der Waals surface area contributed by atoms with Crippen LogP contribution in [-0.2, 0) is 4.79 Å². The lowest BCUT2D eigenvalue weighted by Gasteiger charge is -1.97. The molecule has 86 valence electrons. The molecule has 0 aliphatic heterocycles. The molecule has 0 bridgehead atoms. The number of allylic oxidation sites excluding steroid dienone is 1. The molecule has 1 aromatic rings. The third-order valence-electron chi connectivity index (χ3n) is 1.84. The van der Waals surface area contributed by atoms with E-state index < -0.39 is 0 Å². The van der Waals surface area contributed by atoms with Gasteiger partial charge < -0.3 is 5.32 Å². The molecule has 0 atom stereocenters. The van der Waals surface area contributed by atoms with Gasteiger partial charge in [0.05, 0.1) is 3.79 Å². The first-order valence-corrected chi connectivity index (χ1v) is 6.65. The predicted molar refractivity (Wildman–Crippen MR) is 73.5 cm³/mol. The molecule has 0 aliphatic carbocycles. The molecule has 1 amide bonds. The van der Waals surface area contributed by atoms with Crippen molar-refractivity contribution in [2.24, 2.45) is 0 Å². The summed E-state index contributed by atoms with van der Waals surface area (Å²) >= 11 is 4.98. The highest BCUT2D eigenvalue weighted by atomic mass is 79.9. The first-order valence-electron chi connectivity index (χ1n) is 5.05. The Morgan fingerprint density at radius 2 is 2.38 bits per heavy atom. The van der Waals surface area contributed by atoms with Crippen LogP contribution in [0.2, 0.25) is 0 Å². The van der Waals surface area contributed by atoms with Crippen LogP contribution in [0.1, 0.15) is 18.2 Å². The standard InChI is InChI=1S/C12H14BrNOS/c1-2-3-4-9-14-12(15)8-6-10-5-7-11(13)16-10/h2-3,5-8H,4,9H2,1H3,(H,14,15)/b3-2+,8-6+. The quantitative estimate of drug-likeness (QED) is 0.502. The Morgan fingerprint density at radius 1 is 1.56 bits per heavy atom. The van der Waals surface area contributed by atoms with Crippen LogP contribution in [0.5, 0.6) is 0 Å². The molecule has 0 spiro atoms. The van der Waals surface area contributed by atoms with Crippen LogP contribution in [0.25, 0.3) is 6.08 Å². The minimum Gasteiger partial charge on any atom is -0.352 e. The van der Waals surface area contributed by atoms with Gasteiger partial charge in [-0.2, -0.15) is 0 Å². The van der Waals surface area contributed by atoms with Gasteiger partial charge in [0.1, 0.15) is 0 Å². The topological polar surface area (TPSA) is 29.1 Å². The number of hydrogen-bond donors (Lipinski definition) is 1. The molecule has 0 unspecified atom stereocenters. The number of thiophene rings is 1. The van der Waals surface area contributed by atoms with Gasteiger partial charge in [0.25, 0.3) is 0 Å². The Morgan fingerprint density at radius 3 is 3.00 bits per heavy atom. The van der Waals surface area contributed by atoms with Crippen LogP contribution in [0, 0.1) is 0 Å². The summed E-state index contributed by atoms with van der Waals surface area (Å²) in [6, 6.07) is 3.94. The normalized spacial score (nSPS) is 11.4. The van der Waals surface area contributed by atoms with E-state index in [9.17, 15) is 4.79 Å². The lowest BCUT2D eigenvalue weighted by atomic mass is 10.3. The molecule has 1 heterocycles. The summed E-state index contributed by atoms with van der Waals surface area (Å²) < 4.78 is 1.07. The molecule has 16 heavy (non-hydrogen) atoms. The maximum absolute atomic E-state index is 11.4. The van der Waals surface area contributed by atoms with Gasteiger partial charge in [-0.25, -0.2) is 0 Å². The molecule has 0 saturated carbocycles. The minimum atomic E-state index is -0.0472. The molecule has 4 heteroatoms. The second-order valence-corrected chi connectivity index (χ2v) is 5.62. The van der Waals surface area contributed by atoms with Crippen molar-refractivity contribution in [2.45, 2.75) is 13.3 Å². The number of rotatable bonds is 5. The van der Waals surface area contributed by atoms with E-state index in [0.29, 0.717) is 6.54 Å². The smallest absolute Gasteiger partial charge is 0.244 e. The molecule has 1 aromatic heterocycles. The number of halogens is 1. The highest BCUT2D eigenvalue weighted by Crippen LogP contribution is 2.22. The Kier molecular flexibility index (Phi) is 6.11. The van der Waals surface area contributed by atoms with Gasteiger partial charge in [0.2, 0.25) is 5.91 Å². The van der Waals surface area contributed by atoms with Crippen molar-refractivity contribution in [3.63, 3.8) is 0 Å². The Balaban J connectivity index is 2.31. The Bertz CT molecular complexity index is 395. The number of carbonyl (C=O) groups excluding carboxylic acids is 1. The van der Waals surface area contributed by atoms with E-state index in [1.807, 2.05) is 37.3 Å². The fraction of sp³-hybridized carbons (Fsp3) is 0.250. The van der Waals surface area contributed by atoms with E-state index in [-0.39, 0.29) is 5.91 Å². The minimum absolute atomic E-state index is 0.0472. The Hall–Kier alpha value is -0.870. The average molecular weight is 300 g/mol. The van der Waals surface area contributed by atoms with Crippen molar-refractivity contribution in [2.75, 3.05) is 6.54 Å². The molecule has 0 radical (unpaired) electrons. The third-order valence-corrected chi connectivity index (χ3v) is 3.43. The lowest BCUT2D eigenvalue weighted by Crippen LogP contribution is -2.21. The zero-order valence-electron chi connectivity index (χ0n) is 9.07. The van der Waals surface area contributed by atoms with E-state index in [2.05, 4.69) is 21.2 Å². The van der Waals surface area contributed by atoms with Gasteiger partial charge in [0.15, 0.2) is 0 Å². The summed E-state index contributed by atoms with van der Waals surface area (Å²) in [5.41, 5.74) is 0. The highest BCUT2D eigenvalue weighted by Gasteiger charge is 1.95. The van der Waals surface area contributed by atoms with Gasteiger partial charge in [-0.1, -0.05) is 12.2 Å². The molecule has 1 N–H and O–H groups in total. The molecular formula is C12H14BrNOS. The average Bonchev–Trinajstić information content (AvgIpc) is 2.68. The van der Waals surface area contributed by atoms with Crippen molar-refractivity contribution in [1.82, 2.24) is 5.32 Å². The van der Waals surface area contributed by atoms with Crippen LogP contribution < -0.4 is 5.32 Å². The van der Waals surface area contributed by atoms with Gasteiger partial charge in [-0.3, -0.25) is 4.79 Å². The van der Waals surface area contributed by atoms with Crippen LogP contribution in [0.4, 0.5) is 0 Å². The lowest BCUT2D eigenvalue weighted by molar-refractivity contribution is -0.116. The van der Waals surface area contributed by atoms with E-state index in [1.54, 1.807) is 17.4 Å². The molecule has 0 aliphatic rings. The monoisotopic (exact) mass is 299 g/mol. The first kappa shape index (κ1) is 13.2. The third kappa shape index (κ3) is 5.28. The summed E-state index contributed by atoms with van der Waals surface area (Å²) in [5, 5.41) is 2.81. The van der Waals surface area contributed by atoms with Crippen LogP contribution in [-0.4, -0.2) is 12.5 Å². The zero-order valence-corrected chi connectivity index (χ0v) is 11.5. The maximum Gasteiger partial charge on any atom is 0.244 e. The molecular weight excluding hydrogens is 286 g/mol. The summed E-state index contributed by atoms with van der Waals surface area (Å²) in [5.74, 6) is -0.0472. The molecule has 0 saturated heterocycles. The number of carbonyl (C=O) groups is 1. The van der Waals surface area contributed by atoms with E-state index >= 15 is 0 Å². The second kappa shape index (κ2) is 7.41. The van der Waals surface area contributed by atoms with E-state index in [0.717, 1.165) is 15.1 Å². The van der Waals surface area contributed by atoms with Gasteiger partial charge in [0, 0.05) is 17.5 Å². The van der Waals surface area contributed by atoms with E-state index in [1.165, 1.54) is 0 Å². The maximum atomic E-state index is 11.4. The first-order chi connectivity index (χ1) is 7.72. The SMILES string of the molecule is C/C=C/CCNC(=O)/C=C/c1ccc(Br)s1. The molecule has 0 aromatic carbocycles. The fourth-order valence-corrected chi connectivity index (χ4v) is 2.41. The molecule has 1 rings (SSSR count). The van der Waals surface area contributed by atoms with Gasteiger partial charge in [-0.05, 0) is 47.5 Å². The van der Waals surface area contributed by atoms with Gasteiger partial charge in [-0.15, -0.1) is 11.3 Å². The molecule has 2 nitrogen and oxygen atoms in total. The highest BCUT2D eigenvalue weighted by molar-refractivity contribution is 9.11. The largest absolute Gasteiger partial charge is 0.352 e. The summed E-state index contributed by atoms with van der Waals surface area (Å²) in [6.07, 6.45) is 8.26. The van der Waals surface area contributed by atoms with Crippen molar-refractivity contribution in [1.29, 1.82) is 0 Å². The van der Waals surface area contributed by atoms with Crippen LogP contribution in [0.3, 0.4) is 0 Å². The van der Waals surface area contributed by atoms with Crippen molar-refractivity contribution < 1.29 is 4.79 Å². The van der Waals surface area contributed by atoms with Crippen LogP contribution >= 0.6 is 27.3 Å². The Labute approximate surface area is 108 Å². The second-order valence-electron chi connectivity index (χ2n) is 3.12. The van der Waals surface area contributed by atoms with Crippen molar-refractivity contribution in [3.8, 4) is 0 Å². The fourth-order valence-electron chi connectivity index (χ4n) is 1.08.